The molecule has 0 fully saturated rings. The topological polar surface area (TPSA) is 76.7 Å². The Bertz CT molecular complexity index is 416. The SMILES string of the molecule is CC(C)OC(=O)NC(N)=N[C@H](C)c1ccccc1. The zero-order valence-corrected chi connectivity index (χ0v) is 10.9. The molecule has 1 rings (SSSR count). The molecule has 0 unspecified atom stereocenters. The highest BCUT2D eigenvalue weighted by molar-refractivity contribution is 5.93. The fourth-order valence-electron chi connectivity index (χ4n) is 1.40. The van der Waals surface area contributed by atoms with Crippen molar-refractivity contribution in [1.82, 2.24) is 5.32 Å². The van der Waals surface area contributed by atoms with Gasteiger partial charge >= 0.3 is 6.09 Å². The first-order valence-electron chi connectivity index (χ1n) is 5.85. The van der Waals surface area contributed by atoms with Gasteiger partial charge in [0.15, 0.2) is 5.96 Å². The molecule has 1 amide bonds. The maximum absolute atomic E-state index is 11.3. The van der Waals surface area contributed by atoms with Gasteiger partial charge in [0.1, 0.15) is 0 Å². The number of nitrogens with zero attached hydrogens (tertiary/aromatic N) is 1. The number of guanidine groups is 1. The summed E-state index contributed by atoms with van der Waals surface area (Å²) in [4.78, 5) is 15.5. The molecule has 1 aromatic rings. The number of nitrogens with one attached hydrogen (secondary N) is 1. The zero-order valence-electron chi connectivity index (χ0n) is 10.9. The third-order valence-corrected chi connectivity index (χ3v) is 2.19. The van der Waals surface area contributed by atoms with Gasteiger partial charge in [-0.3, -0.25) is 5.32 Å². The Morgan fingerprint density at radius 1 is 1.28 bits per heavy atom. The van der Waals surface area contributed by atoms with Crippen molar-refractivity contribution >= 4 is 12.1 Å². The number of aliphatic imine (C=N–C) groups is 1. The van der Waals surface area contributed by atoms with E-state index in [1.165, 1.54) is 0 Å². The summed E-state index contributed by atoms with van der Waals surface area (Å²) in [6.45, 7) is 5.43. The average molecular weight is 249 g/mol. The van der Waals surface area contributed by atoms with E-state index in [9.17, 15) is 4.79 Å². The van der Waals surface area contributed by atoms with Gasteiger partial charge in [-0.15, -0.1) is 0 Å². The number of hydrogen-bond acceptors (Lipinski definition) is 3. The van der Waals surface area contributed by atoms with E-state index in [-0.39, 0.29) is 18.1 Å². The lowest BCUT2D eigenvalue weighted by Gasteiger charge is -2.11. The lowest BCUT2D eigenvalue weighted by molar-refractivity contribution is 0.120. The molecule has 0 bridgehead atoms. The second-order valence-electron chi connectivity index (χ2n) is 4.18. The van der Waals surface area contributed by atoms with Crippen LogP contribution in [0.15, 0.2) is 35.3 Å². The first-order chi connectivity index (χ1) is 8.49. The van der Waals surface area contributed by atoms with Gasteiger partial charge in [0, 0.05) is 0 Å². The molecule has 1 aromatic carbocycles. The second kappa shape index (κ2) is 6.64. The van der Waals surface area contributed by atoms with E-state index < -0.39 is 6.09 Å². The molecule has 0 aromatic heterocycles. The normalized spacial score (nSPS) is 13.2. The minimum absolute atomic E-state index is 0.0528. The van der Waals surface area contributed by atoms with Gasteiger partial charge in [-0.1, -0.05) is 30.3 Å². The van der Waals surface area contributed by atoms with Crippen LogP contribution >= 0.6 is 0 Å². The van der Waals surface area contributed by atoms with Crippen molar-refractivity contribution < 1.29 is 9.53 Å². The van der Waals surface area contributed by atoms with Gasteiger partial charge in [-0.25, -0.2) is 9.79 Å². The molecule has 0 aliphatic carbocycles. The molecule has 0 spiro atoms. The molecule has 0 saturated carbocycles. The fourth-order valence-corrected chi connectivity index (χ4v) is 1.40. The number of hydrogen-bond donors (Lipinski definition) is 2. The molecule has 5 nitrogen and oxygen atoms in total. The van der Waals surface area contributed by atoms with Gasteiger partial charge in [-0.2, -0.15) is 0 Å². The van der Waals surface area contributed by atoms with Crippen molar-refractivity contribution in [1.29, 1.82) is 0 Å². The van der Waals surface area contributed by atoms with Gasteiger partial charge < -0.3 is 10.5 Å². The first-order valence-corrected chi connectivity index (χ1v) is 5.85. The third kappa shape index (κ3) is 4.86. The van der Waals surface area contributed by atoms with Crippen molar-refractivity contribution in [2.75, 3.05) is 0 Å². The third-order valence-electron chi connectivity index (χ3n) is 2.19. The van der Waals surface area contributed by atoms with Crippen molar-refractivity contribution in [2.45, 2.75) is 32.9 Å². The van der Waals surface area contributed by atoms with Crippen molar-refractivity contribution in [3.63, 3.8) is 0 Å². The van der Waals surface area contributed by atoms with Crippen molar-refractivity contribution in [3.8, 4) is 0 Å². The molecular formula is C13H19N3O2. The first kappa shape index (κ1) is 14.0. The fraction of sp³-hybridized carbons (Fsp3) is 0.385. The van der Waals surface area contributed by atoms with E-state index in [0.717, 1.165) is 5.56 Å². The minimum atomic E-state index is -0.591. The summed E-state index contributed by atoms with van der Waals surface area (Å²) >= 11 is 0. The molecule has 0 aliphatic heterocycles. The minimum Gasteiger partial charge on any atom is -0.447 e. The van der Waals surface area contributed by atoms with E-state index in [1.54, 1.807) is 13.8 Å². The van der Waals surface area contributed by atoms with Crippen LogP contribution in [0.3, 0.4) is 0 Å². The molecule has 0 saturated heterocycles. The van der Waals surface area contributed by atoms with Crippen molar-refractivity contribution in [3.05, 3.63) is 35.9 Å². The molecule has 1 atom stereocenters. The number of ether oxygens (including phenoxy) is 1. The van der Waals surface area contributed by atoms with Gasteiger partial charge in [0.25, 0.3) is 0 Å². The maximum atomic E-state index is 11.3. The lowest BCUT2D eigenvalue weighted by atomic mass is 10.1. The number of carbonyl (C=O) groups excluding carboxylic acids is 1. The largest absolute Gasteiger partial charge is 0.447 e. The molecule has 0 heterocycles. The molecule has 18 heavy (non-hydrogen) atoms. The Morgan fingerprint density at radius 3 is 2.44 bits per heavy atom. The van der Waals surface area contributed by atoms with Crippen LogP contribution in [0.5, 0.6) is 0 Å². The Balaban J connectivity index is 2.58. The molecule has 5 heteroatoms. The van der Waals surface area contributed by atoms with Crippen molar-refractivity contribution in [2.24, 2.45) is 10.7 Å². The number of benzene rings is 1. The summed E-state index contributed by atoms with van der Waals surface area (Å²) in [5, 5.41) is 2.38. The highest BCUT2D eigenvalue weighted by Crippen LogP contribution is 2.15. The number of alkyl carbamates (subject to hydrolysis) is 1. The molecule has 3 N–H and O–H groups in total. The summed E-state index contributed by atoms with van der Waals surface area (Å²) in [5.74, 6) is 0.0528. The zero-order chi connectivity index (χ0) is 13.5. The quantitative estimate of drug-likeness (QED) is 0.637. The number of amides is 1. The van der Waals surface area contributed by atoms with E-state index in [1.807, 2.05) is 37.3 Å². The van der Waals surface area contributed by atoms with Crippen LogP contribution < -0.4 is 11.1 Å². The molecule has 0 radical (unpaired) electrons. The Kier molecular flexibility index (Phi) is 5.17. The second-order valence-corrected chi connectivity index (χ2v) is 4.18. The monoisotopic (exact) mass is 249 g/mol. The summed E-state index contributed by atoms with van der Waals surface area (Å²) in [5.41, 5.74) is 6.65. The van der Waals surface area contributed by atoms with Gasteiger partial charge in [0.05, 0.1) is 12.1 Å². The predicted octanol–water partition coefficient (Wildman–Crippen LogP) is 2.20. The van der Waals surface area contributed by atoms with Crippen LogP contribution in [0.2, 0.25) is 0 Å². The van der Waals surface area contributed by atoms with Crippen LogP contribution in [0.4, 0.5) is 4.79 Å². The number of nitrogens with two attached hydrogens (primary N) is 1. The number of carbonyl (C=O) groups is 1. The summed E-state index contributed by atoms with van der Waals surface area (Å²) < 4.78 is 4.90. The van der Waals surface area contributed by atoms with Crippen LogP contribution in [0.1, 0.15) is 32.4 Å². The smallest absolute Gasteiger partial charge is 0.414 e. The average Bonchev–Trinajstić information content (AvgIpc) is 2.28. The van der Waals surface area contributed by atoms with Crippen LogP contribution in [0.25, 0.3) is 0 Å². The van der Waals surface area contributed by atoms with E-state index in [2.05, 4.69) is 10.3 Å². The Labute approximate surface area is 107 Å². The lowest BCUT2D eigenvalue weighted by Crippen LogP contribution is -2.38. The van der Waals surface area contributed by atoms with Gasteiger partial charge in [0.2, 0.25) is 0 Å². The highest BCUT2D eigenvalue weighted by atomic mass is 16.6. The summed E-state index contributed by atoms with van der Waals surface area (Å²) in [6, 6.07) is 9.57. The van der Waals surface area contributed by atoms with E-state index >= 15 is 0 Å². The molecular weight excluding hydrogens is 230 g/mol. The maximum Gasteiger partial charge on any atom is 0.414 e. The predicted molar refractivity (Wildman–Crippen MR) is 71.2 cm³/mol. The molecule has 98 valence electrons. The summed E-state index contributed by atoms with van der Waals surface area (Å²) in [7, 11) is 0. The van der Waals surface area contributed by atoms with Crippen LogP contribution in [-0.2, 0) is 4.74 Å². The van der Waals surface area contributed by atoms with Crippen LogP contribution in [0, 0.1) is 0 Å². The number of rotatable bonds is 3. The van der Waals surface area contributed by atoms with E-state index in [4.69, 9.17) is 10.5 Å². The van der Waals surface area contributed by atoms with Gasteiger partial charge in [-0.05, 0) is 26.3 Å². The Morgan fingerprint density at radius 2 is 1.89 bits per heavy atom. The van der Waals surface area contributed by atoms with E-state index in [0.29, 0.717) is 0 Å². The standard InChI is InChI=1S/C13H19N3O2/c1-9(2)18-13(17)16-12(14)15-10(3)11-7-5-4-6-8-11/h4-10H,1-3H3,(H3,14,15,16,17)/t10-/m1/s1. The molecule has 0 aliphatic rings. The van der Waals surface area contributed by atoms with Crippen LogP contribution in [-0.4, -0.2) is 18.2 Å². The summed E-state index contributed by atoms with van der Waals surface area (Å²) in [6.07, 6.45) is -0.782. The Hall–Kier alpha value is -2.04. The highest BCUT2D eigenvalue weighted by Gasteiger charge is 2.08.